The van der Waals surface area contributed by atoms with Crippen molar-refractivity contribution in [3.63, 3.8) is 0 Å². The van der Waals surface area contributed by atoms with Crippen LogP contribution in [0.4, 0.5) is 0 Å². The molecule has 0 unspecified atom stereocenters. The molecule has 0 aliphatic heterocycles. The summed E-state index contributed by atoms with van der Waals surface area (Å²) in [6.45, 7) is 2.25. The first kappa shape index (κ1) is 12.6. The minimum Gasteiger partial charge on any atom is -0.468 e. The molecule has 96 valence electrons. The van der Waals surface area contributed by atoms with Crippen LogP contribution in [0.3, 0.4) is 0 Å². The molecule has 0 aliphatic rings. The lowest BCUT2D eigenvalue weighted by atomic mass is 10.2. The van der Waals surface area contributed by atoms with Crippen LogP contribution >= 0.6 is 0 Å². The van der Waals surface area contributed by atoms with Crippen molar-refractivity contribution in [2.75, 3.05) is 20.7 Å². The van der Waals surface area contributed by atoms with Gasteiger partial charge in [-0.05, 0) is 26.1 Å². The highest BCUT2D eigenvalue weighted by Gasteiger charge is 2.18. The Morgan fingerprint density at radius 3 is 2.83 bits per heavy atom. The number of carbonyl (C=O) groups is 1. The van der Waals surface area contributed by atoms with E-state index in [4.69, 9.17) is 4.42 Å². The Kier molecular flexibility index (Phi) is 3.67. The number of likely N-dealkylation sites (N-methyl/N-ethyl adjacent to an activating group) is 1. The maximum absolute atomic E-state index is 11.2. The van der Waals surface area contributed by atoms with Crippen LogP contribution in [0.25, 0.3) is 11.0 Å². The molecule has 1 heterocycles. The fourth-order valence-electron chi connectivity index (χ4n) is 1.83. The predicted octanol–water partition coefficient (Wildman–Crippen LogP) is 2.60. The summed E-state index contributed by atoms with van der Waals surface area (Å²) in [5.74, 6) is 0.600. The van der Waals surface area contributed by atoms with E-state index in [2.05, 4.69) is 4.74 Å². The van der Waals surface area contributed by atoms with Gasteiger partial charge in [0.25, 0.3) is 0 Å². The Balaban J connectivity index is 2.17. The summed E-state index contributed by atoms with van der Waals surface area (Å²) in [5.41, 5.74) is 0.866. The molecule has 2 aromatic rings. The number of furan rings is 1. The number of hydrogen-bond donors (Lipinski definition) is 0. The molecular formula is C14H17NO3. The molecule has 0 bridgehead atoms. The van der Waals surface area contributed by atoms with Crippen molar-refractivity contribution in [1.29, 1.82) is 0 Å². The van der Waals surface area contributed by atoms with E-state index >= 15 is 0 Å². The Hall–Kier alpha value is -1.81. The molecule has 1 atom stereocenters. The van der Waals surface area contributed by atoms with Crippen LogP contribution in [0.1, 0.15) is 18.7 Å². The van der Waals surface area contributed by atoms with Crippen LogP contribution in [0.15, 0.2) is 34.7 Å². The number of fused-ring (bicyclic) bond motifs is 1. The molecule has 18 heavy (non-hydrogen) atoms. The second kappa shape index (κ2) is 5.23. The summed E-state index contributed by atoms with van der Waals surface area (Å²) in [6.07, 6.45) is 0. The van der Waals surface area contributed by atoms with Gasteiger partial charge in [-0.15, -0.1) is 0 Å². The van der Waals surface area contributed by atoms with E-state index in [0.29, 0.717) is 0 Å². The zero-order valence-corrected chi connectivity index (χ0v) is 10.8. The number of hydrogen-bond acceptors (Lipinski definition) is 4. The van der Waals surface area contributed by atoms with Crippen molar-refractivity contribution in [3.05, 3.63) is 36.1 Å². The molecule has 1 aromatic carbocycles. The van der Waals surface area contributed by atoms with Gasteiger partial charge in [0.15, 0.2) is 0 Å². The lowest BCUT2D eigenvalue weighted by molar-refractivity contribution is -0.142. The average Bonchev–Trinajstić information content (AvgIpc) is 2.81. The third kappa shape index (κ3) is 2.54. The van der Waals surface area contributed by atoms with Crippen LogP contribution in [0.2, 0.25) is 0 Å². The fourth-order valence-corrected chi connectivity index (χ4v) is 1.83. The van der Waals surface area contributed by atoms with Crippen LogP contribution in [0, 0.1) is 0 Å². The third-order valence-corrected chi connectivity index (χ3v) is 3.12. The van der Waals surface area contributed by atoms with Gasteiger partial charge in [-0.2, -0.15) is 0 Å². The molecule has 0 fully saturated rings. The van der Waals surface area contributed by atoms with Crippen molar-refractivity contribution in [3.8, 4) is 0 Å². The van der Waals surface area contributed by atoms with Crippen molar-refractivity contribution in [1.82, 2.24) is 4.90 Å². The topological polar surface area (TPSA) is 42.7 Å². The van der Waals surface area contributed by atoms with Crippen LogP contribution < -0.4 is 0 Å². The zero-order chi connectivity index (χ0) is 13.1. The van der Waals surface area contributed by atoms with Gasteiger partial charge in [0.2, 0.25) is 0 Å². The lowest BCUT2D eigenvalue weighted by Gasteiger charge is -2.21. The monoisotopic (exact) mass is 247 g/mol. The second-order valence-electron chi connectivity index (χ2n) is 4.35. The largest absolute Gasteiger partial charge is 0.468 e. The molecule has 4 nitrogen and oxygen atoms in total. The molecule has 0 spiro atoms. The first-order valence-corrected chi connectivity index (χ1v) is 5.87. The number of benzene rings is 1. The average molecular weight is 247 g/mol. The van der Waals surface area contributed by atoms with Crippen molar-refractivity contribution in [2.24, 2.45) is 0 Å². The Morgan fingerprint density at radius 1 is 1.44 bits per heavy atom. The first-order valence-electron chi connectivity index (χ1n) is 5.87. The summed E-state index contributed by atoms with van der Waals surface area (Å²) >= 11 is 0. The molecule has 2 rings (SSSR count). The van der Waals surface area contributed by atoms with Crippen molar-refractivity contribution in [2.45, 2.75) is 13.0 Å². The van der Waals surface area contributed by atoms with Crippen molar-refractivity contribution < 1.29 is 13.9 Å². The standard InChI is InChI=1S/C14H17NO3/c1-10(15(2)9-14(16)17-3)13-8-11-6-4-5-7-12(11)18-13/h4-8,10H,9H2,1-3H3/t10-/m0/s1. The summed E-state index contributed by atoms with van der Waals surface area (Å²) < 4.78 is 10.4. The Bertz CT molecular complexity index is 514. The number of carbonyl (C=O) groups excluding carboxylic acids is 1. The van der Waals surface area contributed by atoms with E-state index in [9.17, 15) is 4.79 Å². The quantitative estimate of drug-likeness (QED) is 0.779. The second-order valence-corrected chi connectivity index (χ2v) is 4.35. The van der Waals surface area contributed by atoms with Gasteiger partial charge in [-0.1, -0.05) is 18.2 Å². The third-order valence-electron chi connectivity index (χ3n) is 3.12. The lowest BCUT2D eigenvalue weighted by Crippen LogP contribution is -2.29. The maximum atomic E-state index is 11.2. The van der Waals surface area contributed by atoms with E-state index in [1.54, 1.807) is 0 Å². The van der Waals surface area contributed by atoms with E-state index in [1.807, 2.05) is 49.2 Å². The maximum Gasteiger partial charge on any atom is 0.319 e. The van der Waals surface area contributed by atoms with Gasteiger partial charge < -0.3 is 9.15 Å². The highest BCUT2D eigenvalue weighted by Crippen LogP contribution is 2.26. The highest BCUT2D eigenvalue weighted by molar-refractivity contribution is 5.77. The predicted molar refractivity (Wildman–Crippen MR) is 69.3 cm³/mol. The summed E-state index contributed by atoms with van der Waals surface area (Å²) in [5, 5.41) is 1.07. The van der Waals surface area contributed by atoms with E-state index < -0.39 is 0 Å². The molecule has 0 radical (unpaired) electrons. The first-order chi connectivity index (χ1) is 8.61. The van der Waals surface area contributed by atoms with Gasteiger partial charge in [0.1, 0.15) is 11.3 Å². The number of nitrogens with zero attached hydrogens (tertiary/aromatic N) is 1. The molecule has 1 aromatic heterocycles. The minimum absolute atomic E-state index is 0.0245. The summed E-state index contributed by atoms with van der Waals surface area (Å²) in [4.78, 5) is 13.1. The Morgan fingerprint density at radius 2 is 2.17 bits per heavy atom. The van der Waals surface area contributed by atoms with Crippen molar-refractivity contribution >= 4 is 16.9 Å². The van der Waals surface area contributed by atoms with Crippen LogP contribution in [-0.4, -0.2) is 31.6 Å². The number of ether oxygens (including phenoxy) is 1. The number of rotatable bonds is 4. The Labute approximate surface area is 106 Å². The van der Waals surface area contributed by atoms with E-state index in [-0.39, 0.29) is 18.6 Å². The highest BCUT2D eigenvalue weighted by atomic mass is 16.5. The van der Waals surface area contributed by atoms with E-state index in [1.165, 1.54) is 7.11 Å². The fraction of sp³-hybridized carbons (Fsp3) is 0.357. The van der Waals surface area contributed by atoms with E-state index in [0.717, 1.165) is 16.7 Å². The van der Waals surface area contributed by atoms with Gasteiger partial charge in [0, 0.05) is 5.39 Å². The number of esters is 1. The molecule has 0 N–H and O–H groups in total. The SMILES string of the molecule is COC(=O)CN(C)[C@@H](C)c1cc2ccccc2o1. The molecule has 0 saturated heterocycles. The van der Waals surface area contributed by atoms with Crippen LogP contribution in [-0.2, 0) is 9.53 Å². The smallest absolute Gasteiger partial charge is 0.319 e. The summed E-state index contributed by atoms with van der Waals surface area (Å²) in [6, 6.07) is 9.90. The number of methoxy groups -OCH3 is 1. The van der Waals surface area contributed by atoms with Crippen LogP contribution in [0.5, 0.6) is 0 Å². The molecule has 0 aliphatic carbocycles. The normalized spacial score (nSPS) is 12.9. The zero-order valence-electron chi connectivity index (χ0n) is 10.8. The molecular weight excluding hydrogens is 230 g/mol. The van der Waals surface area contributed by atoms with Gasteiger partial charge in [-0.25, -0.2) is 0 Å². The molecule has 4 heteroatoms. The van der Waals surface area contributed by atoms with Gasteiger partial charge >= 0.3 is 5.97 Å². The van der Waals surface area contributed by atoms with Gasteiger partial charge in [-0.3, -0.25) is 9.69 Å². The number of para-hydroxylation sites is 1. The minimum atomic E-state index is -0.250. The molecule has 0 amide bonds. The summed E-state index contributed by atoms with van der Waals surface area (Å²) in [7, 11) is 3.26. The molecule has 0 saturated carbocycles. The van der Waals surface area contributed by atoms with Gasteiger partial charge in [0.05, 0.1) is 19.7 Å².